The molecular formula is C15H30N2O2. The number of nitrogens with zero attached hydrogens (tertiary/aromatic N) is 1. The number of carbonyl (C=O) groups excluding carboxylic acids is 1. The van der Waals surface area contributed by atoms with Crippen LogP contribution in [0.2, 0.25) is 0 Å². The van der Waals surface area contributed by atoms with E-state index in [0.29, 0.717) is 19.0 Å². The summed E-state index contributed by atoms with van der Waals surface area (Å²) in [5.41, 5.74) is -0.375. The van der Waals surface area contributed by atoms with E-state index in [2.05, 4.69) is 24.1 Å². The molecule has 4 nitrogen and oxygen atoms in total. The Balaban J connectivity index is 2.07. The fourth-order valence-electron chi connectivity index (χ4n) is 2.39. The summed E-state index contributed by atoms with van der Waals surface area (Å²) in [4.78, 5) is 14.0. The lowest BCUT2D eigenvalue weighted by Gasteiger charge is -2.20. The molecule has 0 saturated carbocycles. The van der Waals surface area contributed by atoms with Gasteiger partial charge in [-0.15, -0.1) is 0 Å². The van der Waals surface area contributed by atoms with Gasteiger partial charge in [-0.25, -0.2) is 0 Å². The number of esters is 1. The van der Waals surface area contributed by atoms with Crippen molar-refractivity contribution in [2.24, 2.45) is 5.92 Å². The van der Waals surface area contributed by atoms with Gasteiger partial charge in [0.2, 0.25) is 0 Å². The summed E-state index contributed by atoms with van der Waals surface area (Å²) in [5, 5.41) is 3.38. The van der Waals surface area contributed by atoms with E-state index in [0.717, 1.165) is 12.5 Å². The molecule has 0 bridgehead atoms. The van der Waals surface area contributed by atoms with Crippen LogP contribution in [0.3, 0.4) is 0 Å². The topological polar surface area (TPSA) is 41.6 Å². The van der Waals surface area contributed by atoms with Crippen LogP contribution in [0.4, 0.5) is 0 Å². The average Bonchev–Trinajstić information content (AvgIpc) is 2.70. The van der Waals surface area contributed by atoms with Crippen LogP contribution < -0.4 is 5.32 Å². The number of likely N-dealkylation sites (tertiary alicyclic amines) is 1. The second kappa shape index (κ2) is 7.25. The zero-order valence-corrected chi connectivity index (χ0v) is 13.2. The lowest BCUT2D eigenvalue weighted by Crippen LogP contribution is -2.32. The molecule has 4 heteroatoms. The van der Waals surface area contributed by atoms with Gasteiger partial charge in [0, 0.05) is 19.1 Å². The summed E-state index contributed by atoms with van der Waals surface area (Å²) in [6.45, 7) is 14.3. The molecule has 0 aromatic carbocycles. The molecule has 1 aliphatic rings. The SMILES string of the molecule is CC(C)N1CCC(CNCCC(=O)OC(C)(C)C)C1. The highest BCUT2D eigenvalue weighted by Crippen LogP contribution is 2.17. The second-order valence-electron chi connectivity index (χ2n) is 6.78. The summed E-state index contributed by atoms with van der Waals surface area (Å²) in [7, 11) is 0. The molecule has 1 fully saturated rings. The molecule has 1 heterocycles. The molecule has 19 heavy (non-hydrogen) atoms. The van der Waals surface area contributed by atoms with Crippen molar-refractivity contribution in [2.75, 3.05) is 26.2 Å². The zero-order chi connectivity index (χ0) is 14.5. The smallest absolute Gasteiger partial charge is 0.307 e. The number of nitrogens with one attached hydrogen (secondary N) is 1. The zero-order valence-electron chi connectivity index (χ0n) is 13.2. The molecule has 1 atom stereocenters. The maximum atomic E-state index is 11.5. The standard InChI is InChI=1S/C15H30N2O2/c1-12(2)17-9-7-13(11-17)10-16-8-6-14(18)19-15(3,4)5/h12-13,16H,6-11H2,1-5H3. The molecule has 0 aromatic rings. The first-order chi connectivity index (χ1) is 8.78. The number of rotatable bonds is 6. The fourth-order valence-corrected chi connectivity index (χ4v) is 2.39. The van der Waals surface area contributed by atoms with Crippen LogP contribution in [0.5, 0.6) is 0 Å². The predicted molar refractivity (Wildman–Crippen MR) is 78.1 cm³/mol. The molecule has 1 saturated heterocycles. The first kappa shape index (κ1) is 16.4. The van der Waals surface area contributed by atoms with Crippen LogP contribution in [-0.4, -0.2) is 48.7 Å². The molecule has 1 rings (SSSR count). The third-order valence-corrected chi connectivity index (χ3v) is 3.41. The van der Waals surface area contributed by atoms with E-state index in [9.17, 15) is 4.79 Å². The summed E-state index contributed by atoms with van der Waals surface area (Å²) in [6.07, 6.45) is 1.72. The molecule has 0 aliphatic carbocycles. The van der Waals surface area contributed by atoms with Gasteiger partial charge in [-0.1, -0.05) is 0 Å². The second-order valence-corrected chi connectivity index (χ2v) is 6.78. The highest BCUT2D eigenvalue weighted by molar-refractivity contribution is 5.70. The first-order valence-electron chi connectivity index (χ1n) is 7.44. The van der Waals surface area contributed by atoms with Gasteiger partial charge in [-0.3, -0.25) is 4.79 Å². The van der Waals surface area contributed by atoms with Crippen molar-refractivity contribution < 1.29 is 9.53 Å². The van der Waals surface area contributed by atoms with E-state index in [4.69, 9.17) is 4.74 Å². The Kier molecular flexibility index (Phi) is 6.27. The van der Waals surface area contributed by atoms with Gasteiger partial charge >= 0.3 is 5.97 Å². The minimum absolute atomic E-state index is 0.116. The molecule has 1 N–H and O–H groups in total. The molecule has 0 aromatic heterocycles. The van der Waals surface area contributed by atoms with Crippen molar-refractivity contribution in [3.63, 3.8) is 0 Å². The minimum atomic E-state index is -0.375. The van der Waals surface area contributed by atoms with Crippen molar-refractivity contribution >= 4 is 5.97 Å². The van der Waals surface area contributed by atoms with Crippen LogP contribution in [0.25, 0.3) is 0 Å². The van der Waals surface area contributed by atoms with Crippen LogP contribution in [0.1, 0.15) is 47.5 Å². The lowest BCUT2D eigenvalue weighted by molar-refractivity contribution is -0.154. The third-order valence-electron chi connectivity index (χ3n) is 3.41. The van der Waals surface area contributed by atoms with Crippen molar-refractivity contribution in [2.45, 2.75) is 59.1 Å². The number of ether oxygens (including phenoxy) is 1. The van der Waals surface area contributed by atoms with Crippen LogP contribution in [-0.2, 0) is 9.53 Å². The largest absolute Gasteiger partial charge is 0.460 e. The van der Waals surface area contributed by atoms with Gasteiger partial charge in [0.15, 0.2) is 0 Å². The van der Waals surface area contributed by atoms with Gasteiger partial charge in [-0.2, -0.15) is 0 Å². The monoisotopic (exact) mass is 270 g/mol. The van der Waals surface area contributed by atoms with Crippen LogP contribution in [0, 0.1) is 5.92 Å². The molecular weight excluding hydrogens is 240 g/mol. The highest BCUT2D eigenvalue weighted by atomic mass is 16.6. The maximum absolute atomic E-state index is 11.5. The van der Waals surface area contributed by atoms with Gasteiger partial charge < -0.3 is 15.0 Å². The van der Waals surface area contributed by atoms with Crippen molar-refractivity contribution in [3.8, 4) is 0 Å². The molecule has 1 aliphatic heterocycles. The van der Waals surface area contributed by atoms with E-state index in [1.54, 1.807) is 0 Å². The fraction of sp³-hybridized carbons (Fsp3) is 0.933. The Hall–Kier alpha value is -0.610. The Morgan fingerprint density at radius 2 is 2.11 bits per heavy atom. The maximum Gasteiger partial charge on any atom is 0.307 e. The molecule has 0 spiro atoms. The average molecular weight is 270 g/mol. The third kappa shape index (κ3) is 6.92. The van der Waals surface area contributed by atoms with Crippen LogP contribution >= 0.6 is 0 Å². The minimum Gasteiger partial charge on any atom is -0.460 e. The normalized spacial score (nSPS) is 21.1. The van der Waals surface area contributed by atoms with E-state index in [-0.39, 0.29) is 11.6 Å². The Bertz CT molecular complexity index is 284. The first-order valence-corrected chi connectivity index (χ1v) is 7.44. The van der Waals surface area contributed by atoms with E-state index in [1.807, 2.05) is 20.8 Å². The highest BCUT2D eigenvalue weighted by Gasteiger charge is 2.23. The van der Waals surface area contributed by atoms with Crippen LogP contribution in [0.15, 0.2) is 0 Å². The van der Waals surface area contributed by atoms with Crippen molar-refractivity contribution in [1.29, 1.82) is 0 Å². The quantitative estimate of drug-likeness (QED) is 0.592. The molecule has 0 radical (unpaired) electrons. The van der Waals surface area contributed by atoms with Gasteiger partial charge in [0.1, 0.15) is 5.60 Å². The lowest BCUT2D eigenvalue weighted by atomic mass is 10.1. The summed E-state index contributed by atoms with van der Waals surface area (Å²) in [6, 6.07) is 0.645. The van der Waals surface area contributed by atoms with Crippen molar-refractivity contribution in [1.82, 2.24) is 10.2 Å². The van der Waals surface area contributed by atoms with Gasteiger partial charge in [0.05, 0.1) is 6.42 Å². The number of hydrogen-bond acceptors (Lipinski definition) is 4. The van der Waals surface area contributed by atoms with Crippen molar-refractivity contribution in [3.05, 3.63) is 0 Å². The summed E-state index contributed by atoms with van der Waals surface area (Å²) < 4.78 is 5.27. The summed E-state index contributed by atoms with van der Waals surface area (Å²) >= 11 is 0. The predicted octanol–water partition coefficient (Wildman–Crippen LogP) is 2.04. The number of hydrogen-bond donors (Lipinski definition) is 1. The van der Waals surface area contributed by atoms with Gasteiger partial charge in [-0.05, 0) is 60.0 Å². The number of carbonyl (C=O) groups is 1. The molecule has 0 amide bonds. The summed E-state index contributed by atoms with van der Waals surface area (Å²) in [5.74, 6) is 0.608. The van der Waals surface area contributed by atoms with E-state index >= 15 is 0 Å². The Labute approximate surface area is 117 Å². The van der Waals surface area contributed by atoms with Gasteiger partial charge in [0.25, 0.3) is 0 Å². The van der Waals surface area contributed by atoms with E-state index < -0.39 is 0 Å². The molecule has 112 valence electrons. The Morgan fingerprint density at radius 3 is 2.63 bits per heavy atom. The van der Waals surface area contributed by atoms with E-state index in [1.165, 1.54) is 19.5 Å². The Morgan fingerprint density at radius 1 is 1.42 bits per heavy atom. The molecule has 1 unspecified atom stereocenters.